The van der Waals surface area contributed by atoms with Gasteiger partial charge in [-0.2, -0.15) is 0 Å². The van der Waals surface area contributed by atoms with Gasteiger partial charge in [-0.05, 0) is 92.5 Å². The zero-order valence-electron chi connectivity index (χ0n) is 18.8. The maximum absolute atomic E-state index is 10.3. The zero-order valence-corrected chi connectivity index (χ0v) is 18.8. The van der Waals surface area contributed by atoms with Gasteiger partial charge < -0.3 is 20.1 Å². The van der Waals surface area contributed by atoms with E-state index in [4.69, 9.17) is 4.74 Å². The van der Waals surface area contributed by atoms with Crippen LogP contribution in [0.1, 0.15) is 57.9 Å². The van der Waals surface area contributed by atoms with Gasteiger partial charge in [-0.3, -0.25) is 0 Å². The Labute approximate surface area is 177 Å². The number of nitrogens with one attached hydrogen (secondary N) is 1. The quantitative estimate of drug-likeness (QED) is 0.661. The first-order valence-electron chi connectivity index (χ1n) is 11.5. The fraction of sp³-hybridized carbons (Fsp3) is 0.760. The fourth-order valence-electron chi connectivity index (χ4n) is 7.67. The normalized spacial score (nSPS) is 36.6. The lowest BCUT2D eigenvalue weighted by atomic mass is 9.39. The summed E-state index contributed by atoms with van der Waals surface area (Å²) in [5.74, 6) is 1.78. The lowest BCUT2D eigenvalue weighted by Gasteiger charge is -2.65. The topological polar surface area (TPSA) is 44.7 Å². The number of ether oxygens (including phenoxy) is 1. The molecule has 0 aliphatic heterocycles. The molecule has 29 heavy (non-hydrogen) atoms. The van der Waals surface area contributed by atoms with Gasteiger partial charge in [-0.15, -0.1) is 0 Å². The number of aliphatic hydroxyl groups excluding tert-OH is 1. The third kappa shape index (κ3) is 4.50. The second-order valence-corrected chi connectivity index (χ2v) is 11.3. The van der Waals surface area contributed by atoms with E-state index in [0.717, 1.165) is 24.8 Å². The highest BCUT2D eigenvalue weighted by molar-refractivity contribution is 5.36. The van der Waals surface area contributed by atoms with E-state index in [-0.39, 0.29) is 0 Å². The molecule has 1 aromatic carbocycles. The van der Waals surface area contributed by atoms with Crippen LogP contribution in [0, 0.1) is 16.7 Å². The number of hydrogen-bond acceptors (Lipinski definition) is 4. The molecule has 4 nitrogen and oxygen atoms in total. The molecule has 2 N–H and O–H groups in total. The van der Waals surface area contributed by atoms with E-state index in [1.807, 2.05) is 14.1 Å². The van der Waals surface area contributed by atoms with Crippen LogP contribution in [0.2, 0.25) is 0 Å². The highest BCUT2D eigenvalue weighted by Crippen LogP contribution is 2.69. The Bertz CT molecular complexity index is 685. The van der Waals surface area contributed by atoms with Crippen LogP contribution in [0.25, 0.3) is 0 Å². The largest absolute Gasteiger partial charge is 0.491 e. The van der Waals surface area contributed by atoms with Gasteiger partial charge in [0.05, 0.1) is 0 Å². The highest BCUT2D eigenvalue weighted by atomic mass is 16.5. The molecule has 4 aliphatic carbocycles. The molecule has 4 fully saturated rings. The molecule has 0 heterocycles. The third-order valence-electron chi connectivity index (χ3n) is 7.80. The smallest absolute Gasteiger partial charge is 0.119 e. The average molecular weight is 401 g/mol. The second kappa shape index (κ2) is 7.86. The first kappa shape index (κ1) is 21.1. The minimum Gasteiger partial charge on any atom is -0.491 e. The molecule has 0 saturated heterocycles. The third-order valence-corrected chi connectivity index (χ3v) is 7.80. The maximum Gasteiger partial charge on any atom is 0.119 e. The van der Waals surface area contributed by atoms with E-state index in [9.17, 15) is 5.11 Å². The van der Waals surface area contributed by atoms with Crippen LogP contribution < -0.4 is 10.1 Å². The lowest BCUT2D eigenvalue weighted by Crippen LogP contribution is -2.56. The molecule has 4 heteroatoms. The monoisotopic (exact) mass is 400 g/mol. The number of hydrogen-bond donors (Lipinski definition) is 2. The number of benzene rings is 1. The molecule has 0 amide bonds. The molecule has 0 spiro atoms. The summed E-state index contributed by atoms with van der Waals surface area (Å²) >= 11 is 0. The van der Waals surface area contributed by atoms with Crippen LogP contribution >= 0.6 is 0 Å². The number of nitrogens with zero attached hydrogens (tertiary/aromatic N) is 1. The molecule has 4 saturated carbocycles. The summed E-state index contributed by atoms with van der Waals surface area (Å²) in [6.07, 6.45) is 7.89. The summed E-state index contributed by atoms with van der Waals surface area (Å²) < 4.78 is 5.89. The second-order valence-electron chi connectivity index (χ2n) is 11.3. The van der Waals surface area contributed by atoms with Crippen LogP contribution in [-0.4, -0.2) is 56.4 Å². The molecule has 3 unspecified atom stereocenters. The number of likely N-dealkylation sites (N-methyl/N-ethyl adjacent to an activating group) is 2. The molecule has 5 atom stereocenters. The Morgan fingerprint density at radius 1 is 1.10 bits per heavy atom. The Hall–Kier alpha value is -1.10. The zero-order chi connectivity index (χ0) is 20.7. The molecular formula is C25H40N2O2. The van der Waals surface area contributed by atoms with Gasteiger partial charge in [-0.1, -0.05) is 26.0 Å². The Kier molecular flexibility index (Phi) is 5.73. The van der Waals surface area contributed by atoms with Gasteiger partial charge in [0.1, 0.15) is 18.5 Å². The van der Waals surface area contributed by atoms with Gasteiger partial charge in [0.15, 0.2) is 0 Å². The van der Waals surface area contributed by atoms with Crippen molar-refractivity contribution >= 4 is 0 Å². The standard InChI is InChI=1S/C25H40N2O2/c1-23-11-19-12-24(2,16-23)18-25(13-19,17-23)20-5-7-22(8-6-20)29-15-21(28)14-27(4)10-9-26-3/h5-8,19,21,26,28H,9-18H2,1-4H3/t19?,21?,23-,24+,25?. The van der Waals surface area contributed by atoms with Gasteiger partial charge in [-0.25, -0.2) is 0 Å². The molecular weight excluding hydrogens is 360 g/mol. The highest BCUT2D eigenvalue weighted by Gasteiger charge is 2.60. The number of aliphatic hydroxyl groups is 1. The van der Waals surface area contributed by atoms with E-state index >= 15 is 0 Å². The summed E-state index contributed by atoms with van der Waals surface area (Å²) in [6.45, 7) is 7.89. The summed E-state index contributed by atoms with van der Waals surface area (Å²) in [7, 11) is 3.98. The van der Waals surface area contributed by atoms with Crippen molar-refractivity contribution in [2.45, 2.75) is 63.9 Å². The van der Waals surface area contributed by atoms with Crippen LogP contribution in [0.15, 0.2) is 24.3 Å². The van der Waals surface area contributed by atoms with Crippen molar-refractivity contribution in [2.24, 2.45) is 16.7 Å². The average Bonchev–Trinajstić information content (AvgIpc) is 2.62. The first-order chi connectivity index (χ1) is 13.7. The van der Waals surface area contributed by atoms with Crippen molar-refractivity contribution in [1.29, 1.82) is 0 Å². The van der Waals surface area contributed by atoms with Gasteiger partial charge in [0, 0.05) is 19.6 Å². The number of rotatable bonds is 9. The van der Waals surface area contributed by atoms with E-state index in [0.29, 0.717) is 29.4 Å². The maximum atomic E-state index is 10.3. The predicted molar refractivity (Wildman–Crippen MR) is 118 cm³/mol. The van der Waals surface area contributed by atoms with Crippen LogP contribution in [0.4, 0.5) is 0 Å². The Balaban J connectivity index is 1.36. The predicted octanol–water partition coefficient (Wildman–Crippen LogP) is 3.83. The Morgan fingerprint density at radius 3 is 2.34 bits per heavy atom. The summed E-state index contributed by atoms with van der Waals surface area (Å²) in [5, 5.41) is 13.4. The van der Waals surface area contributed by atoms with E-state index in [1.54, 1.807) is 0 Å². The van der Waals surface area contributed by atoms with Crippen molar-refractivity contribution < 1.29 is 9.84 Å². The summed E-state index contributed by atoms with van der Waals surface area (Å²) in [4.78, 5) is 2.13. The molecule has 0 radical (unpaired) electrons. The fourth-order valence-corrected chi connectivity index (χ4v) is 7.67. The molecule has 4 aliphatic rings. The van der Waals surface area contributed by atoms with E-state index in [1.165, 1.54) is 44.1 Å². The molecule has 0 aromatic heterocycles. The van der Waals surface area contributed by atoms with Crippen molar-refractivity contribution in [1.82, 2.24) is 10.2 Å². The van der Waals surface area contributed by atoms with Gasteiger partial charge >= 0.3 is 0 Å². The van der Waals surface area contributed by atoms with Crippen molar-refractivity contribution in [3.8, 4) is 5.75 Å². The van der Waals surface area contributed by atoms with Gasteiger partial charge in [0.2, 0.25) is 0 Å². The van der Waals surface area contributed by atoms with Crippen molar-refractivity contribution in [2.75, 3.05) is 40.3 Å². The molecule has 162 valence electrons. The molecule has 1 aromatic rings. The minimum atomic E-state index is -0.473. The van der Waals surface area contributed by atoms with E-state index in [2.05, 4.69) is 48.3 Å². The van der Waals surface area contributed by atoms with Crippen molar-refractivity contribution in [3.05, 3.63) is 29.8 Å². The van der Waals surface area contributed by atoms with Gasteiger partial charge in [0.25, 0.3) is 0 Å². The summed E-state index contributed by atoms with van der Waals surface area (Å²) in [5.41, 5.74) is 2.95. The van der Waals surface area contributed by atoms with Crippen LogP contribution in [0.5, 0.6) is 5.75 Å². The summed E-state index contributed by atoms with van der Waals surface area (Å²) in [6, 6.07) is 8.85. The SMILES string of the molecule is CNCCN(C)CC(O)COc1ccc(C23CC4C[C@@](C)(C2)C[C@](C)(C4)C3)cc1. The molecule has 5 rings (SSSR count). The Morgan fingerprint density at radius 2 is 1.76 bits per heavy atom. The van der Waals surface area contributed by atoms with E-state index < -0.39 is 6.10 Å². The lowest BCUT2D eigenvalue weighted by molar-refractivity contribution is -0.110. The van der Waals surface area contributed by atoms with Crippen molar-refractivity contribution in [3.63, 3.8) is 0 Å². The minimum absolute atomic E-state index is 0.340. The first-order valence-corrected chi connectivity index (χ1v) is 11.5. The van der Waals surface area contributed by atoms with Crippen LogP contribution in [-0.2, 0) is 5.41 Å². The molecule has 4 bridgehead atoms. The van der Waals surface area contributed by atoms with Crippen LogP contribution in [0.3, 0.4) is 0 Å².